The molecule has 3 heterocycles. The van der Waals surface area contributed by atoms with Gasteiger partial charge in [-0.2, -0.15) is 5.10 Å². The number of hydrogen-bond acceptors (Lipinski definition) is 5. The molecule has 8 nitrogen and oxygen atoms in total. The largest absolute Gasteiger partial charge is 0.444 e. The molecule has 0 saturated carbocycles. The highest BCUT2D eigenvalue weighted by Crippen LogP contribution is 2.39. The quantitative estimate of drug-likeness (QED) is 0.472. The molecule has 1 aromatic carbocycles. The first-order valence-electron chi connectivity index (χ1n) is 11.5. The fraction of sp³-hybridized carbons (Fsp3) is 0.385. The molecular weight excluding hydrogens is 466 g/mol. The Morgan fingerprint density at radius 3 is 2.66 bits per heavy atom. The Morgan fingerprint density at radius 1 is 1.14 bits per heavy atom. The van der Waals surface area contributed by atoms with Gasteiger partial charge in [-0.15, -0.1) is 0 Å². The molecule has 1 aliphatic rings. The minimum absolute atomic E-state index is 0.112. The van der Waals surface area contributed by atoms with Crippen molar-refractivity contribution in [3.63, 3.8) is 0 Å². The molecule has 0 saturated heterocycles. The number of nitrogens with one attached hydrogen (secondary N) is 2. The van der Waals surface area contributed by atoms with Crippen LogP contribution in [-0.2, 0) is 28.9 Å². The van der Waals surface area contributed by atoms with Gasteiger partial charge in [0, 0.05) is 35.2 Å². The number of pyridine rings is 1. The summed E-state index contributed by atoms with van der Waals surface area (Å²) in [5.74, 6) is 0.177. The summed E-state index contributed by atoms with van der Waals surface area (Å²) in [5.41, 5.74) is 3.71. The van der Waals surface area contributed by atoms with Crippen molar-refractivity contribution in [2.24, 2.45) is 5.41 Å². The lowest BCUT2D eigenvalue weighted by molar-refractivity contribution is -0.115. The molecule has 1 aliphatic heterocycles. The van der Waals surface area contributed by atoms with E-state index in [1.54, 1.807) is 51.2 Å². The van der Waals surface area contributed by atoms with E-state index in [1.807, 2.05) is 16.9 Å². The van der Waals surface area contributed by atoms with Crippen LogP contribution in [0.1, 0.15) is 45.9 Å². The monoisotopic (exact) mass is 495 g/mol. The van der Waals surface area contributed by atoms with E-state index < -0.39 is 11.7 Å². The smallest absolute Gasteiger partial charge is 0.412 e. The van der Waals surface area contributed by atoms with Gasteiger partial charge >= 0.3 is 6.09 Å². The van der Waals surface area contributed by atoms with Crippen LogP contribution in [0.5, 0.6) is 0 Å². The zero-order valence-electron chi connectivity index (χ0n) is 20.6. The summed E-state index contributed by atoms with van der Waals surface area (Å²) in [6, 6.07) is 8.85. The number of benzene rings is 1. The molecule has 9 heteroatoms. The Morgan fingerprint density at radius 2 is 1.91 bits per heavy atom. The predicted molar refractivity (Wildman–Crippen MR) is 137 cm³/mol. The topological polar surface area (TPSA) is 98.1 Å². The van der Waals surface area contributed by atoms with Crippen molar-refractivity contribution < 1.29 is 14.3 Å². The van der Waals surface area contributed by atoms with Crippen LogP contribution in [0, 0.1) is 5.41 Å². The molecular formula is C26H30ClN5O3. The third kappa shape index (κ3) is 6.19. The van der Waals surface area contributed by atoms with E-state index in [0.717, 1.165) is 35.3 Å². The predicted octanol–water partition coefficient (Wildman–Crippen LogP) is 5.71. The molecule has 2 N–H and O–H groups in total. The first-order chi connectivity index (χ1) is 16.4. The van der Waals surface area contributed by atoms with Crippen molar-refractivity contribution in [2.45, 2.75) is 59.6 Å². The van der Waals surface area contributed by atoms with E-state index in [0.29, 0.717) is 16.5 Å². The Bertz CT molecular complexity index is 1280. The van der Waals surface area contributed by atoms with Crippen molar-refractivity contribution in [1.29, 1.82) is 0 Å². The van der Waals surface area contributed by atoms with Crippen molar-refractivity contribution >= 4 is 35.1 Å². The SMILES string of the molecule is CC1(C)Cc2c(-c3cc(NC(=O)Cc4cccc(NC(=O)OC(C)(C)C)c4)ncc3Cl)cnn2C1. The molecule has 3 aromatic rings. The number of carbonyl (C=O) groups excluding carboxylic acids is 2. The van der Waals surface area contributed by atoms with Crippen LogP contribution >= 0.6 is 11.6 Å². The van der Waals surface area contributed by atoms with E-state index in [2.05, 4.69) is 34.6 Å². The molecule has 35 heavy (non-hydrogen) atoms. The lowest BCUT2D eigenvalue weighted by atomic mass is 9.89. The molecule has 184 valence electrons. The second-order valence-electron chi connectivity index (χ2n) is 10.6. The van der Waals surface area contributed by atoms with E-state index in [9.17, 15) is 9.59 Å². The van der Waals surface area contributed by atoms with Gasteiger partial charge in [0.2, 0.25) is 5.91 Å². The van der Waals surface area contributed by atoms with Crippen LogP contribution in [0.3, 0.4) is 0 Å². The van der Waals surface area contributed by atoms with Crippen molar-refractivity contribution in [2.75, 3.05) is 10.6 Å². The molecule has 0 spiro atoms. The summed E-state index contributed by atoms with van der Waals surface area (Å²) < 4.78 is 7.29. The summed E-state index contributed by atoms with van der Waals surface area (Å²) in [6.07, 6.45) is 3.83. The summed E-state index contributed by atoms with van der Waals surface area (Å²) in [4.78, 5) is 29.1. The maximum Gasteiger partial charge on any atom is 0.412 e. The third-order valence-corrected chi connectivity index (χ3v) is 5.82. The average Bonchev–Trinajstić information content (AvgIpc) is 3.23. The highest BCUT2D eigenvalue weighted by molar-refractivity contribution is 6.33. The number of fused-ring (bicyclic) bond motifs is 1. The van der Waals surface area contributed by atoms with E-state index in [1.165, 1.54) is 0 Å². The minimum Gasteiger partial charge on any atom is -0.444 e. The van der Waals surface area contributed by atoms with Gasteiger partial charge in [-0.3, -0.25) is 14.8 Å². The highest BCUT2D eigenvalue weighted by Gasteiger charge is 2.32. The number of amides is 2. The van der Waals surface area contributed by atoms with Crippen LogP contribution in [0.2, 0.25) is 5.02 Å². The lowest BCUT2D eigenvalue weighted by Gasteiger charge is -2.19. The maximum absolute atomic E-state index is 12.7. The van der Waals surface area contributed by atoms with Gasteiger partial charge in [0.1, 0.15) is 11.4 Å². The van der Waals surface area contributed by atoms with Gasteiger partial charge < -0.3 is 10.1 Å². The number of rotatable bonds is 5. The van der Waals surface area contributed by atoms with Crippen LogP contribution in [0.25, 0.3) is 11.1 Å². The number of halogens is 1. The minimum atomic E-state index is -0.598. The maximum atomic E-state index is 12.7. The van der Waals surface area contributed by atoms with Gasteiger partial charge in [-0.1, -0.05) is 37.6 Å². The van der Waals surface area contributed by atoms with E-state index in [4.69, 9.17) is 16.3 Å². The fourth-order valence-corrected chi connectivity index (χ4v) is 4.34. The lowest BCUT2D eigenvalue weighted by Crippen LogP contribution is -2.27. The summed E-state index contributed by atoms with van der Waals surface area (Å²) >= 11 is 6.47. The summed E-state index contributed by atoms with van der Waals surface area (Å²) in [5, 5.41) is 10.6. The average molecular weight is 496 g/mol. The Hall–Kier alpha value is -3.39. The van der Waals surface area contributed by atoms with Crippen molar-refractivity contribution in [1.82, 2.24) is 14.8 Å². The third-order valence-electron chi connectivity index (χ3n) is 5.52. The van der Waals surface area contributed by atoms with E-state index in [-0.39, 0.29) is 17.7 Å². The molecule has 2 amide bonds. The fourth-order valence-electron chi connectivity index (χ4n) is 4.14. The zero-order chi connectivity index (χ0) is 25.4. The van der Waals surface area contributed by atoms with Crippen molar-refractivity contribution in [3.8, 4) is 11.1 Å². The summed E-state index contributed by atoms with van der Waals surface area (Å²) in [6.45, 7) is 10.7. The molecule has 4 rings (SSSR count). The number of carbonyl (C=O) groups is 2. The second-order valence-corrected chi connectivity index (χ2v) is 11.0. The van der Waals surface area contributed by atoms with Gasteiger partial charge in [-0.25, -0.2) is 9.78 Å². The standard InChI is InChI=1S/C26H30ClN5O3/c1-25(2,3)35-24(34)30-17-8-6-7-16(9-17)10-23(33)31-22-11-18(20(27)14-28-22)19-13-29-32-15-26(4,5)12-21(19)32/h6-9,11,13-14H,10,12,15H2,1-5H3,(H,30,34)(H,28,31,33). The first-order valence-corrected chi connectivity index (χ1v) is 11.9. The number of nitrogens with zero attached hydrogens (tertiary/aromatic N) is 3. The molecule has 0 bridgehead atoms. The highest BCUT2D eigenvalue weighted by atomic mass is 35.5. The number of hydrogen-bond donors (Lipinski definition) is 2. The van der Waals surface area contributed by atoms with Crippen LogP contribution < -0.4 is 10.6 Å². The molecule has 2 aromatic heterocycles. The Labute approximate surface area is 210 Å². The normalized spacial score (nSPS) is 14.3. The van der Waals surface area contributed by atoms with E-state index >= 15 is 0 Å². The molecule has 0 fully saturated rings. The number of aromatic nitrogens is 3. The van der Waals surface area contributed by atoms with Crippen LogP contribution in [0.15, 0.2) is 42.7 Å². The Kier molecular flexibility index (Phi) is 6.60. The Balaban J connectivity index is 1.44. The van der Waals surface area contributed by atoms with Gasteiger partial charge in [0.05, 0.1) is 17.6 Å². The molecule has 0 radical (unpaired) electrons. The van der Waals surface area contributed by atoms with Gasteiger partial charge in [0.15, 0.2) is 0 Å². The number of anilines is 2. The molecule has 0 atom stereocenters. The van der Waals surface area contributed by atoms with Crippen LogP contribution in [0.4, 0.5) is 16.3 Å². The first kappa shape index (κ1) is 24.7. The zero-order valence-corrected chi connectivity index (χ0v) is 21.4. The second kappa shape index (κ2) is 9.34. The summed E-state index contributed by atoms with van der Waals surface area (Å²) in [7, 11) is 0. The van der Waals surface area contributed by atoms with Crippen LogP contribution in [-0.4, -0.2) is 32.4 Å². The van der Waals surface area contributed by atoms with Crippen molar-refractivity contribution in [3.05, 3.63) is 59.0 Å². The van der Waals surface area contributed by atoms with Gasteiger partial charge in [-0.05, 0) is 56.4 Å². The molecule has 0 aliphatic carbocycles. The molecule has 0 unspecified atom stereocenters. The number of ether oxygens (including phenoxy) is 1. The van der Waals surface area contributed by atoms with Gasteiger partial charge in [0.25, 0.3) is 0 Å².